The van der Waals surface area contributed by atoms with Gasteiger partial charge >= 0.3 is 6.18 Å². The van der Waals surface area contributed by atoms with Gasteiger partial charge in [0.2, 0.25) is 11.9 Å². The molecule has 3 aromatic rings. The van der Waals surface area contributed by atoms with Crippen LogP contribution in [0.25, 0.3) is 0 Å². The van der Waals surface area contributed by atoms with Gasteiger partial charge in [0.15, 0.2) is 0 Å². The molecule has 2 aliphatic heterocycles. The van der Waals surface area contributed by atoms with E-state index in [2.05, 4.69) is 15.4 Å². The smallest absolute Gasteiger partial charge is 0.371 e. The monoisotopic (exact) mass is 487 g/mol. The molecule has 1 N–H and O–H groups in total. The topological polar surface area (TPSA) is 62.1 Å². The Morgan fingerprint density at radius 3 is 2.40 bits per heavy atom. The second-order valence-electron chi connectivity index (χ2n) is 9.51. The molecule has 3 atom stereocenters. The van der Waals surface area contributed by atoms with Crippen LogP contribution >= 0.6 is 0 Å². The number of anilines is 4. The number of hydrogen-bond acceptors (Lipinski definition) is 6. The van der Waals surface area contributed by atoms with Crippen molar-refractivity contribution in [2.45, 2.75) is 38.0 Å². The molecule has 6 rings (SSSR count). The Bertz CT molecular complexity index is 1200. The van der Waals surface area contributed by atoms with Crippen molar-refractivity contribution in [1.29, 1.82) is 0 Å². The third-order valence-electron chi connectivity index (χ3n) is 7.31. The van der Waals surface area contributed by atoms with Crippen molar-refractivity contribution >= 4 is 23.3 Å². The fourth-order valence-corrected chi connectivity index (χ4v) is 5.68. The fraction of sp³-hybridized carbons (Fsp3) is 0.458. The molecular formula is C24H25F4N7. The SMILES string of the molecule is Fc1ccc(N2CCCn3nc(NC4C5CC[C@H]4CN(c4ccnc(C(F)(F)F)c4)C5)nc32)cc1. The minimum Gasteiger partial charge on any atom is -0.371 e. The van der Waals surface area contributed by atoms with E-state index in [1.807, 2.05) is 14.5 Å². The van der Waals surface area contributed by atoms with Gasteiger partial charge in [-0.25, -0.2) is 9.07 Å². The van der Waals surface area contributed by atoms with E-state index in [9.17, 15) is 17.6 Å². The molecule has 35 heavy (non-hydrogen) atoms. The first-order valence-corrected chi connectivity index (χ1v) is 11.9. The number of alkyl halides is 3. The molecular weight excluding hydrogens is 462 g/mol. The van der Waals surface area contributed by atoms with E-state index >= 15 is 0 Å². The van der Waals surface area contributed by atoms with Crippen LogP contribution in [0.3, 0.4) is 0 Å². The number of nitrogens with zero attached hydrogens (tertiary/aromatic N) is 6. The number of fused-ring (bicyclic) bond motifs is 3. The molecule has 4 heterocycles. The Kier molecular flexibility index (Phi) is 5.30. The zero-order valence-corrected chi connectivity index (χ0v) is 18.9. The first-order valence-electron chi connectivity index (χ1n) is 11.9. The van der Waals surface area contributed by atoms with Gasteiger partial charge in [0.1, 0.15) is 11.5 Å². The molecule has 2 unspecified atom stereocenters. The molecule has 2 aromatic heterocycles. The van der Waals surface area contributed by atoms with Crippen LogP contribution in [0.1, 0.15) is 25.0 Å². The minimum absolute atomic E-state index is 0.166. The summed E-state index contributed by atoms with van der Waals surface area (Å²) in [5.41, 5.74) is 0.574. The highest BCUT2D eigenvalue weighted by Crippen LogP contribution is 2.41. The summed E-state index contributed by atoms with van der Waals surface area (Å²) in [6.07, 6.45) is -0.307. The maximum absolute atomic E-state index is 13.4. The summed E-state index contributed by atoms with van der Waals surface area (Å²) in [7, 11) is 0. The van der Waals surface area contributed by atoms with Gasteiger partial charge in [0.25, 0.3) is 0 Å². The van der Waals surface area contributed by atoms with E-state index in [0.29, 0.717) is 24.7 Å². The van der Waals surface area contributed by atoms with Crippen LogP contribution < -0.4 is 15.1 Å². The van der Waals surface area contributed by atoms with Gasteiger partial charge in [-0.2, -0.15) is 18.2 Å². The Morgan fingerprint density at radius 2 is 1.69 bits per heavy atom. The predicted octanol–water partition coefficient (Wildman–Crippen LogP) is 4.70. The molecule has 2 bridgehead atoms. The molecule has 2 fully saturated rings. The van der Waals surface area contributed by atoms with Crippen LogP contribution in [-0.4, -0.2) is 45.4 Å². The molecule has 1 saturated heterocycles. The van der Waals surface area contributed by atoms with Crippen molar-refractivity contribution in [3.8, 4) is 0 Å². The highest BCUT2D eigenvalue weighted by Gasteiger charge is 2.43. The van der Waals surface area contributed by atoms with Gasteiger partial charge in [0, 0.05) is 49.8 Å². The largest absolute Gasteiger partial charge is 0.433 e. The van der Waals surface area contributed by atoms with Gasteiger partial charge in [-0.15, -0.1) is 5.10 Å². The Balaban J connectivity index is 1.18. The number of rotatable bonds is 4. The van der Waals surface area contributed by atoms with E-state index in [4.69, 9.17) is 4.98 Å². The van der Waals surface area contributed by atoms with Crippen LogP contribution in [0.15, 0.2) is 42.6 Å². The number of benzene rings is 1. The maximum Gasteiger partial charge on any atom is 0.433 e. The van der Waals surface area contributed by atoms with Crippen molar-refractivity contribution < 1.29 is 17.6 Å². The first kappa shape index (κ1) is 22.1. The number of hydrogen-bond donors (Lipinski definition) is 1. The molecule has 1 saturated carbocycles. The third-order valence-corrected chi connectivity index (χ3v) is 7.31. The number of aryl methyl sites for hydroxylation is 1. The van der Waals surface area contributed by atoms with Crippen molar-refractivity contribution in [2.75, 3.05) is 34.8 Å². The normalized spacial score (nSPS) is 23.9. The number of halogens is 4. The van der Waals surface area contributed by atoms with Crippen LogP contribution in [-0.2, 0) is 12.7 Å². The summed E-state index contributed by atoms with van der Waals surface area (Å²) < 4.78 is 54.6. The quantitative estimate of drug-likeness (QED) is 0.539. The molecule has 1 aliphatic carbocycles. The van der Waals surface area contributed by atoms with E-state index < -0.39 is 11.9 Å². The molecule has 0 spiro atoms. The highest BCUT2D eigenvalue weighted by atomic mass is 19.4. The molecule has 7 nitrogen and oxygen atoms in total. The Hall–Kier alpha value is -3.37. The molecule has 184 valence electrons. The van der Waals surface area contributed by atoms with Crippen LogP contribution in [0, 0.1) is 17.7 Å². The lowest BCUT2D eigenvalue weighted by Gasteiger charge is -2.39. The van der Waals surface area contributed by atoms with Crippen LogP contribution in [0.4, 0.5) is 40.8 Å². The lowest BCUT2D eigenvalue weighted by Crippen LogP contribution is -2.48. The van der Waals surface area contributed by atoms with E-state index in [1.165, 1.54) is 18.3 Å². The summed E-state index contributed by atoms with van der Waals surface area (Å²) in [5.74, 6) is 1.58. The van der Waals surface area contributed by atoms with Gasteiger partial charge in [0.05, 0.1) is 0 Å². The van der Waals surface area contributed by atoms with Crippen molar-refractivity contribution in [1.82, 2.24) is 19.7 Å². The zero-order chi connectivity index (χ0) is 24.2. The van der Waals surface area contributed by atoms with Gasteiger partial charge in [-0.3, -0.25) is 4.98 Å². The zero-order valence-electron chi connectivity index (χ0n) is 18.9. The second-order valence-corrected chi connectivity index (χ2v) is 9.51. The predicted molar refractivity (Wildman–Crippen MR) is 123 cm³/mol. The third kappa shape index (κ3) is 4.17. The number of piperidine rings is 1. The average Bonchev–Trinajstić information content (AvgIpc) is 3.35. The van der Waals surface area contributed by atoms with Gasteiger partial charge < -0.3 is 15.1 Å². The lowest BCUT2D eigenvalue weighted by atomic mass is 9.92. The summed E-state index contributed by atoms with van der Waals surface area (Å²) in [4.78, 5) is 12.3. The Morgan fingerprint density at radius 1 is 0.943 bits per heavy atom. The summed E-state index contributed by atoms with van der Waals surface area (Å²) in [5, 5.41) is 8.22. The van der Waals surface area contributed by atoms with E-state index in [-0.39, 0.29) is 23.7 Å². The number of pyridine rings is 1. The molecule has 0 amide bonds. The lowest BCUT2D eigenvalue weighted by molar-refractivity contribution is -0.141. The maximum atomic E-state index is 13.4. The van der Waals surface area contributed by atoms with Gasteiger partial charge in [-0.05, 0) is 67.5 Å². The molecule has 0 radical (unpaired) electrons. The van der Waals surface area contributed by atoms with Gasteiger partial charge in [-0.1, -0.05) is 0 Å². The fourth-order valence-electron chi connectivity index (χ4n) is 5.68. The van der Waals surface area contributed by atoms with Crippen molar-refractivity contribution in [3.63, 3.8) is 0 Å². The summed E-state index contributed by atoms with van der Waals surface area (Å²) >= 11 is 0. The second kappa shape index (κ2) is 8.39. The van der Waals surface area contributed by atoms with Crippen LogP contribution in [0.2, 0.25) is 0 Å². The van der Waals surface area contributed by atoms with E-state index in [0.717, 1.165) is 50.1 Å². The minimum atomic E-state index is -4.46. The standard InChI is InChI=1S/C24H25F4N7/c25-17-4-6-18(7-5-17)34-10-1-11-35-23(34)31-22(32-35)30-21-15-2-3-16(21)14-33(13-15)19-8-9-29-20(12-19)24(26,27)28/h4-9,12,15-16,21H,1-3,10-11,13-14H2,(H,30,32)/t15-,16?,21?/m0/s1. The van der Waals surface area contributed by atoms with Crippen LogP contribution in [0.5, 0.6) is 0 Å². The highest BCUT2D eigenvalue weighted by molar-refractivity contribution is 5.59. The average molecular weight is 488 g/mol. The Labute approximate surface area is 199 Å². The van der Waals surface area contributed by atoms with Crippen molar-refractivity contribution in [2.24, 2.45) is 11.8 Å². The van der Waals surface area contributed by atoms with E-state index in [1.54, 1.807) is 18.2 Å². The molecule has 1 aromatic carbocycles. The summed E-state index contributed by atoms with van der Waals surface area (Å²) in [6.45, 7) is 2.88. The molecule has 3 aliphatic rings. The summed E-state index contributed by atoms with van der Waals surface area (Å²) in [6, 6.07) is 9.32. The number of aromatic nitrogens is 4. The number of nitrogens with one attached hydrogen (secondary N) is 1. The van der Waals surface area contributed by atoms with Crippen molar-refractivity contribution in [3.05, 3.63) is 54.1 Å². The first-order chi connectivity index (χ1) is 16.8. The molecule has 11 heteroatoms.